The lowest BCUT2D eigenvalue weighted by molar-refractivity contribution is 0.356. The van der Waals surface area contributed by atoms with Crippen molar-refractivity contribution < 1.29 is 0 Å². The quantitative estimate of drug-likeness (QED) is 0.0424. The maximum Gasteiger partial charge on any atom is -0.0169 e. The fourth-order valence-corrected chi connectivity index (χ4v) is 7.48. The van der Waals surface area contributed by atoms with Crippen molar-refractivity contribution in [3.05, 3.63) is 97.2 Å². The molecule has 0 aliphatic rings. The van der Waals surface area contributed by atoms with E-state index in [9.17, 15) is 0 Å². The molecule has 0 atom stereocenters. The molecule has 0 bridgehead atoms. The Kier molecular flexibility index (Phi) is 55.7. The van der Waals surface area contributed by atoms with Gasteiger partial charge in [-0.05, 0) is 138 Å². The molecule has 0 rings (SSSR count). The Morgan fingerprint density at radius 1 is 0.212 bits per heavy atom. The second-order valence-electron chi connectivity index (χ2n) is 23.0. The molecule has 0 saturated carbocycles. The van der Waals surface area contributed by atoms with Crippen molar-refractivity contribution >= 4 is 0 Å². The van der Waals surface area contributed by atoms with Gasteiger partial charge in [-0.2, -0.15) is 0 Å². The molecular weight excluding hydrogens is 793 g/mol. The summed E-state index contributed by atoms with van der Waals surface area (Å²) >= 11 is 0. The lowest BCUT2D eigenvalue weighted by atomic mass is 9.89. The van der Waals surface area contributed by atoms with E-state index in [2.05, 4.69) is 180 Å². The van der Waals surface area contributed by atoms with Crippen LogP contribution >= 0.6 is 0 Å². The predicted octanol–water partition coefficient (Wildman–Crippen LogP) is 24.3. The first-order valence-corrected chi connectivity index (χ1v) is 28.9. The fraction of sp³-hybridized carbons (Fsp3) is 0.758. The summed E-state index contributed by atoms with van der Waals surface area (Å²) < 4.78 is 0. The SMILES string of the molecule is CC/C=C\C/C=C\C/C=C\CCCCCCCCC(C)(C)C.CCCCC/C=C\C/C=C\C/C=C\CCCCCC(C)(C)C.CCCCC/C=C\C/C=C\CCCCCCCCC(C)(C)C. The summed E-state index contributed by atoms with van der Waals surface area (Å²) in [6.45, 7) is 27.8. The van der Waals surface area contributed by atoms with E-state index >= 15 is 0 Å². The lowest BCUT2D eigenvalue weighted by Gasteiger charge is -2.17. The van der Waals surface area contributed by atoms with Gasteiger partial charge in [-0.25, -0.2) is 0 Å². The van der Waals surface area contributed by atoms with Crippen LogP contribution in [0, 0.1) is 16.2 Å². The molecule has 0 aliphatic carbocycles. The zero-order chi connectivity index (χ0) is 49.6. The average molecular weight is 916 g/mol. The highest BCUT2D eigenvalue weighted by molar-refractivity contribution is 4.98. The summed E-state index contributed by atoms with van der Waals surface area (Å²) in [6.07, 6.45) is 82.9. The molecule has 0 aromatic heterocycles. The minimum Gasteiger partial charge on any atom is -0.0885 e. The minimum absolute atomic E-state index is 0.505. The molecule has 0 unspecified atom stereocenters. The summed E-state index contributed by atoms with van der Waals surface area (Å²) in [5.74, 6) is 0. The van der Waals surface area contributed by atoms with Crippen LogP contribution in [0.1, 0.15) is 308 Å². The standard InChI is InChI=1S/C22H42.2C22H40/c3*1-5-6-7-8-9-10-11-12-13-14-15-16-17-18-19-20-21-22(2,3)4/h9-10,12-13H,5-8,11,14-21H2,1-4H3;9-10,12-13,15-16H,5-8,11,14,17-21H2,1-4H3;6-7,9-10,12-13H,5,8,11,14-21H2,1-4H3/b10-9-,13-12-;10-9-,13-12-,16-15-;7-6-,10-9-,13-12-. The van der Waals surface area contributed by atoms with Gasteiger partial charge in [0.15, 0.2) is 0 Å². The van der Waals surface area contributed by atoms with Gasteiger partial charge in [0.25, 0.3) is 0 Å². The van der Waals surface area contributed by atoms with Crippen molar-refractivity contribution in [3.8, 4) is 0 Å². The largest absolute Gasteiger partial charge is 0.0885 e. The van der Waals surface area contributed by atoms with Gasteiger partial charge in [0.05, 0.1) is 0 Å². The van der Waals surface area contributed by atoms with E-state index in [1.807, 2.05) is 0 Å². The molecule has 386 valence electrons. The third kappa shape index (κ3) is 76.2. The van der Waals surface area contributed by atoms with Gasteiger partial charge in [-0.3, -0.25) is 0 Å². The first kappa shape index (κ1) is 68.2. The zero-order valence-corrected chi connectivity index (χ0v) is 47.5. The van der Waals surface area contributed by atoms with Crippen LogP contribution in [0.4, 0.5) is 0 Å². The maximum absolute atomic E-state index is 2.37. The van der Waals surface area contributed by atoms with Crippen molar-refractivity contribution in [3.63, 3.8) is 0 Å². The van der Waals surface area contributed by atoms with Crippen LogP contribution in [0.5, 0.6) is 0 Å². The lowest BCUT2D eigenvalue weighted by Crippen LogP contribution is -2.03. The molecule has 0 amide bonds. The number of hydrogen-bond donors (Lipinski definition) is 0. The highest BCUT2D eigenvalue weighted by atomic mass is 14.2. The molecule has 0 N–H and O–H groups in total. The number of rotatable bonds is 40. The second kappa shape index (κ2) is 53.9. The molecule has 0 saturated heterocycles. The average Bonchev–Trinajstić information content (AvgIpc) is 3.25. The van der Waals surface area contributed by atoms with Crippen molar-refractivity contribution in [2.24, 2.45) is 16.2 Å². The van der Waals surface area contributed by atoms with Gasteiger partial charge < -0.3 is 0 Å². The van der Waals surface area contributed by atoms with E-state index in [0.717, 1.165) is 38.5 Å². The van der Waals surface area contributed by atoms with Crippen molar-refractivity contribution in [2.45, 2.75) is 308 Å². The Morgan fingerprint density at radius 2 is 0.409 bits per heavy atom. The van der Waals surface area contributed by atoms with Crippen molar-refractivity contribution in [1.29, 1.82) is 0 Å². The molecule has 0 fully saturated rings. The van der Waals surface area contributed by atoms with Crippen LogP contribution in [0.25, 0.3) is 0 Å². The smallest absolute Gasteiger partial charge is 0.0169 e. The topological polar surface area (TPSA) is 0 Å². The van der Waals surface area contributed by atoms with Crippen LogP contribution in [0.2, 0.25) is 0 Å². The van der Waals surface area contributed by atoms with Gasteiger partial charge in [0.2, 0.25) is 0 Å². The molecule has 0 aliphatic heterocycles. The first-order valence-electron chi connectivity index (χ1n) is 28.9. The first-order chi connectivity index (χ1) is 31.7. The van der Waals surface area contributed by atoms with Crippen LogP contribution in [0.3, 0.4) is 0 Å². The normalized spacial score (nSPS) is 13.0. The van der Waals surface area contributed by atoms with E-state index in [0.29, 0.717) is 16.2 Å². The molecule has 0 heterocycles. The van der Waals surface area contributed by atoms with Gasteiger partial charge >= 0.3 is 0 Å². The third-order valence-electron chi connectivity index (χ3n) is 11.8. The van der Waals surface area contributed by atoms with Crippen LogP contribution in [-0.4, -0.2) is 0 Å². The van der Waals surface area contributed by atoms with Gasteiger partial charge in [0.1, 0.15) is 0 Å². The molecule has 66 heavy (non-hydrogen) atoms. The monoisotopic (exact) mass is 915 g/mol. The Balaban J connectivity index is -0.000000902. The van der Waals surface area contributed by atoms with Crippen LogP contribution in [0.15, 0.2) is 97.2 Å². The summed E-state index contributed by atoms with van der Waals surface area (Å²) in [5, 5.41) is 0. The number of hydrogen-bond acceptors (Lipinski definition) is 0. The number of allylic oxidation sites excluding steroid dienone is 16. The van der Waals surface area contributed by atoms with Crippen LogP contribution in [-0.2, 0) is 0 Å². The Morgan fingerprint density at radius 3 is 0.652 bits per heavy atom. The Bertz CT molecular complexity index is 1160. The van der Waals surface area contributed by atoms with Gasteiger partial charge in [-0.15, -0.1) is 0 Å². The number of unbranched alkanes of at least 4 members (excludes halogenated alkanes) is 21. The van der Waals surface area contributed by atoms with E-state index in [-0.39, 0.29) is 0 Å². The molecule has 0 aromatic carbocycles. The minimum atomic E-state index is 0.505. The molecular formula is C66H122. The van der Waals surface area contributed by atoms with E-state index in [1.54, 1.807) is 0 Å². The van der Waals surface area contributed by atoms with Crippen molar-refractivity contribution in [1.82, 2.24) is 0 Å². The zero-order valence-electron chi connectivity index (χ0n) is 47.5. The molecule has 0 heteroatoms. The van der Waals surface area contributed by atoms with Crippen LogP contribution < -0.4 is 0 Å². The van der Waals surface area contributed by atoms with Crippen molar-refractivity contribution in [2.75, 3.05) is 0 Å². The van der Waals surface area contributed by atoms with Gasteiger partial charge in [-0.1, -0.05) is 283 Å². The highest BCUT2D eigenvalue weighted by Gasteiger charge is 2.10. The molecule has 0 aromatic rings. The summed E-state index contributed by atoms with van der Waals surface area (Å²) in [4.78, 5) is 0. The second-order valence-corrected chi connectivity index (χ2v) is 23.0. The molecule has 0 radical (unpaired) electrons. The highest BCUT2D eigenvalue weighted by Crippen LogP contribution is 2.24. The van der Waals surface area contributed by atoms with E-state index in [4.69, 9.17) is 0 Å². The predicted molar refractivity (Wildman–Crippen MR) is 310 cm³/mol. The summed E-state index contributed by atoms with van der Waals surface area (Å²) in [6, 6.07) is 0. The summed E-state index contributed by atoms with van der Waals surface area (Å²) in [5.41, 5.74) is 1.55. The fourth-order valence-electron chi connectivity index (χ4n) is 7.48. The maximum atomic E-state index is 2.37. The van der Waals surface area contributed by atoms with E-state index < -0.39 is 0 Å². The Labute approximate surface area is 419 Å². The third-order valence-corrected chi connectivity index (χ3v) is 11.8. The molecule has 0 nitrogen and oxygen atoms in total. The molecule has 0 spiro atoms. The van der Waals surface area contributed by atoms with E-state index in [1.165, 1.54) is 186 Å². The van der Waals surface area contributed by atoms with Gasteiger partial charge in [0, 0.05) is 0 Å². The Hall–Kier alpha value is -2.08. The summed E-state index contributed by atoms with van der Waals surface area (Å²) in [7, 11) is 0.